The predicted molar refractivity (Wildman–Crippen MR) is 73.9 cm³/mol. The summed E-state index contributed by atoms with van der Waals surface area (Å²) in [6.45, 7) is 4.42. The van der Waals surface area contributed by atoms with Crippen molar-refractivity contribution in [1.29, 1.82) is 0 Å². The standard InChI is InChI=1S/C13H17N5O2/c1-9(2)7-14-13(20)15-12(19)8-18-11-6-4-3-5-10(11)16-17-18/h3-6,9H,7-8H2,1-2H3,(H2,14,15,19,20). The average Bonchev–Trinajstić information content (AvgIpc) is 2.80. The Kier molecular flexibility index (Phi) is 4.29. The molecule has 2 rings (SSSR count). The lowest BCUT2D eigenvalue weighted by Gasteiger charge is -2.08. The molecule has 0 saturated heterocycles. The Morgan fingerprint density at radius 2 is 2.05 bits per heavy atom. The molecule has 1 heterocycles. The number of benzene rings is 1. The normalized spacial score (nSPS) is 10.8. The average molecular weight is 275 g/mol. The van der Waals surface area contributed by atoms with E-state index in [4.69, 9.17) is 0 Å². The van der Waals surface area contributed by atoms with E-state index in [1.807, 2.05) is 38.1 Å². The van der Waals surface area contributed by atoms with Crippen molar-refractivity contribution >= 4 is 23.0 Å². The molecule has 0 bridgehead atoms. The Hall–Kier alpha value is -2.44. The quantitative estimate of drug-likeness (QED) is 0.868. The number of hydrogen-bond donors (Lipinski definition) is 2. The fourth-order valence-electron chi connectivity index (χ4n) is 1.68. The number of fused-ring (bicyclic) bond motifs is 1. The molecule has 0 atom stereocenters. The summed E-state index contributed by atoms with van der Waals surface area (Å²) >= 11 is 0. The number of carbonyl (C=O) groups is 2. The third-order valence-electron chi connectivity index (χ3n) is 2.64. The highest BCUT2D eigenvalue weighted by Gasteiger charge is 2.11. The molecule has 20 heavy (non-hydrogen) atoms. The second-order valence-corrected chi connectivity index (χ2v) is 4.89. The monoisotopic (exact) mass is 275 g/mol. The maximum atomic E-state index is 11.7. The molecular weight excluding hydrogens is 258 g/mol. The number of aromatic nitrogens is 3. The Bertz CT molecular complexity index is 620. The molecule has 0 aliphatic carbocycles. The number of carbonyl (C=O) groups excluding carboxylic acids is 2. The van der Waals surface area contributed by atoms with Crippen LogP contribution < -0.4 is 10.6 Å². The maximum absolute atomic E-state index is 11.7. The number of amides is 3. The Morgan fingerprint density at radius 3 is 2.80 bits per heavy atom. The van der Waals surface area contributed by atoms with Crippen molar-refractivity contribution in [3.8, 4) is 0 Å². The number of nitrogens with one attached hydrogen (secondary N) is 2. The van der Waals surface area contributed by atoms with Gasteiger partial charge in [0.1, 0.15) is 12.1 Å². The summed E-state index contributed by atoms with van der Waals surface area (Å²) in [6, 6.07) is 6.83. The van der Waals surface area contributed by atoms with Crippen LogP contribution in [0.4, 0.5) is 4.79 Å². The molecule has 0 radical (unpaired) electrons. The minimum absolute atomic E-state index is 0.0460. The minimum atomic E-state index is -0.492. The molecule has 0 aliphatic rings. The van der Waals surface area contributed by atoms with E-state index in [2.05, 4.69) is 20.9 Å². The van der Waals surface area contributed by atoms with Crippen LogP contribution in [-0.4, -0.2) is 33.5 Å². The number of para-hydroxylation sites is 1. The van der Waals surface area contributed by atoms with Crippen LogP contribution in [0, 0.1) is 5.92 Å². The molecule has 0 saturated carbocycles. The van der Waals surface area contributed by atoms with E-state index in [1.54, 1.807) is 0 Å². The second-order valence-electron chi connectivity index (χ2n) is 4.89. The fourth-order valence-corrected chi connectivity index (χ4v) is 1.68. The van der Waals surface area contributed by atoms with Gasteiger partial charge in [-0.25, -0.2) is 9.48 Å². The lowest BCUT2D eigenvalue weighted by molar-refractivity contribution is -0.120. The SMILES string of the molecule is CC(C)CNC(=O)NC(=O)Cn1nnc2ccccc21. The van der Waals surface area contributed by atoms with Gasteiger partial charge in [0, 0.05) is 6.54 Å². The van der Waals surface area contributed by atoms with Crippen molar-refractivity contribution in [2.45, 2.75) is 20.4 Å². The van der Waals surface area contributed by atoms with Crippen LogP contribution in [0.2, 0.25) is 0 Å². The van der Waals surface area contributed by atoms with Gasteiger partial charge in [-0.15, -0.1) is 5.10 Å². The highest BCUT2D eigenvalue weighted by atomic mass is 16.2. The molecule has 0 unspecified atom stereocenters. The summed E-state index contributed by atoms with van der Waals surface area (Å²) < 4.78 is 1.46. The molecular formula is C13H17N5O2. The molecule has 2 N–H and O–H groups in total. The predicted octanol–water partition coefficient (Wildman–Crippen LogP) is 0.913. The number of rotatable bonds is 4. The van der Waals surface area contributed by atoms with Gasteiger partial charge < -0.3 is 5.32 Å². The third kappa shape index (κ3) is 3.53. The van der Waals surface area contributed by atoms with Gasteiger partial charge in [0.15, 0.2) is 0 Å². The Labute approximate surface area is 116 Å². The van der Waals surface area contributed by atoms with E-state index in [1.165, 1.54) is 4.68 Å². The van der Waals surface area contributed by atoms with Crippen LogP contribution in [-0.2, 0) is 11.3 Å². The zero-order chi connectivity index (χ0) is 14.5. The zero-order valence-electron chi connectivity index (χ0n) is 11.5. The molecule has 0 spiro atoms. The van der Waals surface area contributed by atoms with E-state index in [0.29, 0.717) is 18.0 Å². The largest absolute Gasteiger partial charge is 0.338 e. The van der Waals surface area contributed by atoms with Gasteiger partial charge in [-0.1, -0.05) is 31.2 Å². The van der Waals surface area contributed by atoms with Gasteiger partial charge in [0.25, 0.3) is 0 Å². The topological polar surface area (TPSA) is 88.9 Å². The van der Waals surface area contributed by atoms with Gasteiger partial charge in [-0.3, -0.25) is 10.1 Å². The maximum Gasteiger partial charge on any atom is 0.321 e. The molecule has 1 aromatic heterocycles. The lowest BCUT2D eigenvalue weighted by atomic mass is 10.2. The fraction of sp³-hybridized carbons (Fsp3) is 0.385. The number of urea groups is 1. The van der Waals surface area contributed by atoms with E-state index in [9.17, 15) is 9.59 Å². The molecule has 0 aliphatic heterocycles. The van der Waals surface area contributed by atoms with Crippen LogP contribution in [0.5, 0.6) is 0 Å². The van der Waals surface area contributed by atoms with Crippen LogP contribution in [0.3, 0.4) is 0 Å². The van der Waals surface area contributed by atoms with Crippen molar-refractivity contribution in [1.82, 2.24) is 25.6 Å². The molecule has 2 aromatic rings. The van der Waals surface area contributed by atoms with Crippen LogP contribution >= 0.6 is 0 Å². The summed E-state index contributed by atoms with van der Waals surface area (Å²) in [5, 5.41) is 12.7. The smallest absolute Gasteiger partial charge is 0.321 e. The summed E-state index contributed by atoms with van der Waals surface area (Å²) in [5.41, 5.74) is 1.47. The van der Waals surface area contributed by atoms with Crippen LogP contribution in [0.15, 0.2) is 24.3 Å². The first-order valence-corrected chi connectivity index (χ1v) is 6.42. The van der Waals surface area contributed by atoms with Crippen molar-refractivity contribution in [2.24, 2.45) is 5.92 Å². The van der Waals surface area contributed by atoms with Crippen LogP contribution in [0.25, 0.3) is 11.0 Å². The summed E-state index contributed by atoms with van der Waals surface area (Å²) in [6.07, 6.45) is 0. The first-order chi connectivity index (χ1) is 9.56. The molecule has 3 amide bonds. The zero-order valence-corrected chi connectivity index (χ0v) is 11.5. The van der Waals surface area contributed by atoms with Crippen molar-refractivity contribution < 1.29 is 9.59 Å². The molecule has 7 nitrogen and oxygen atoms in total. The number of hydrogen-bond acceptors (Lipinski definition) is 4. The van der Waals surface area contributed by atoms with Crippen LogP contribution in [0.1, 0.15) is 13.8 Å². The van der Waals surface area contributed by atoms with E-state index < -0.39 is 11.9 Å². The number of imide groups is 1. The highest BCUT2D eigenvalue weighted by Crippen LogP contribution is 2.08. The highest BCUT2D eigenvalue weighted by molar-refractivity contribution is 5.94. The van der Waals surface area contributed by atoms with Crippen molar-refractivity contribution in [3.05, 3.63) is 24.3 Å². The van der Waals surface area contributed by atoms with Gasteiger partial charge in [0.05, 0.1) is 5.52 Å². The Morgan fingerprint density at radius 1 is 1.30 bits per heavy atom. The first-order valence-electron chi connectivity index (χ1n) is 6.42. The summed E-state index contributed by atoms with van der Waals surface area (Å²) in [5.74, 6) is -0.1000. The van der Waals surface area contributed by atoms with E-state index in [0.717, 1.165) is 5.52 Å². The number of nitrogens with zero attached hydrogens (tertiary/aromatic N) is 3. The van der Waals surface area contributed by atoms with Gasteiger partial charge >= 0.3 is 6.03 Å². The third-order valence-corrected chi connectivity index (χ3v) is 2.64. The molecule has 1 aromatic carbocycles. The summed E-state index contributed by atoms with van der Waals surface area (Å²) in [7, 11) is 0. The van der Waals surface area contributed by atoms with Gasteiger partial charge in [-0.05, 0) is 18.1 Å². The lowest BCUT2D eigenvalue weighted by Crippen LogP contribution is -2.42. The Balaban J connectivity index is 1.93. The molecule has 7 heteroatoms. The first kappa shape index (κ1) is 14.0. The molecule has 106 valence electrons. The van der Waals surface area contributed by atoms with E-state index in [-0.39, 0.29) is 6.54 Å². The van der Waals surface area contributed by atoms with Gasteiger partial charge in [-0.2, -0.15) is 0 Å². The van der Waals surface area contributed by atoms with E-state index >= 15 is 0 Å². The van der Waals surface area contributed by atoms with Crippen molar-refractivity contribution in [3.63, 3.8) is 0 Å². The van der Waals surface area contributed by atoms with Crippen molar-refractivity contribution in [2.75, 3.05) is 6.54 Å². The minimum Gasteiger partial charge on any atom is -0.338 e. The summed E-state index contributed by atoms with van der Waals surface area (Å²) in [4.78, 5) is 23.2. The second kappa shape index (κ2) is 6.14. The molecule has 0 fully saturated rings. The van der Waals surface area contributed by atoms with Gasteiger partial charge in [0.2, 0.25) is 5.91 Å².